The third-order valence-electron chi connectivity index (χ3n) is 2.18. The van der Waals surface area contributed by atoms with Crippen molar-refractivity contribution >= 4 is 34.8 Å². The Labute approximate surface area is 106 Å². The molecule has 0 aliphatic carbocycles. The molecule has 0 aliphatic heterocycles. The molecule has 88 valence electrons. The van der Waals surface area contributed by atoms with Crippen LogP contribution in [0.15, 0.2) is 18.2 Å². The van der Waals surface area contributed by atoms with Gasteiger partial charge in [0.25, 0.3) is 0 Å². The number of alkyl halides is 1. The van der Waals surface area contributed by atoms with Crippen molar-refractivity contribution in [3.63, 3.8) is 0 Å². The second kappa shape index (κ2) is 6.77. The van der Waals surface area contributed by atoms with Crippen LogP contribution >= 0.6 is 23.2 Å². The molecule has 1 aromatic carbocycles. The summed E-state index contributed by atoms with van der Waals surface area (Å²) in [6, 6.07) is 5.55. The minimum absolute atomic E-state index is 0.0161. The highest BCUT2D eigenvalue weighted by molar-refractivity contribution is 6.33. The average molecular weight is 260 g/mol. The van der Waals surface area contributed by atoms with Gasteiger partial charge in [-0.05, 0) is 37.5 Å². The molecule has 0 radical (unpaired) electrons. The van der Waals surface area contributed by atoms with E-state index in [4.69, 9.17) is 23.2 Å². The molecule has 0 spiro atoms. The smallest absolute Gasteiger partial charge is 0.224 e. The van der Waals surface area contributed by atoms with E-state index in [0.717, 1.165) is 18.4 Å². The average Bonchev–Trinajstić information content (AvgIpc) is 2.24. The minimum atomic E-state index is -0.0161. The SMILES string of the molecule is Cc1ccc(Cl)c(NC(=O)CCCCCl)c1. The minimum Gasteiger partial charge on any atom is -0.325 e. The largest absolute Gasteiger partial charge is 0.325 e. The molecule has 0 aromatic heterocycles. The van der Waals surface area contributed by atoms with Gasteiger partial charge >= 0.3 is 0 Å². The zero-order valence-electron chi connectivity index (χ0n) is 9.22. The van der Waals surface area contributed by atoms with Crippen LogP contribution in [-0.2, 0) is 4.79 Å². The summed E-state index contributed by atoms with van der Waals surface area (Å²) in [6.45, 7) is 1.96. The molecule has 16 heavy (non-hydrogen) atoms. The molecule has 0 heterocycles. The van der Waals surface area contributed by atoms with E-state index in [9.17, 15) is 4.79 Å². The Morgan fingerprint density at radius 2 is 2.12 bits per heavy atom. The number of benzene rings is 1. The molecule has 1 rings (SSSR count). The number of hydrogen-bond donors (Lipinski definition) is 1. The van der Waals surface area contributed by atoms with Gasteiger partial charge < -0.3 is 5.32 Å². The summed E-state index contributed by atoms with van der Waals surface area (Å²) in [6.07, 6.45) is 2.15. The number of carbonyl (C=O) groups excluding carboxylic acids is 1. The molecule has 0 atom stereocenters. The van der Waals surface area contributed by atoms with E-state index in [1.807, 2.05) is 19.1 Å². The van der Waals surface area contributed by atoms with Gasteiger partial charge in [-0.2, -0.15) is 0 Å². The van der Waals surface area contributed by atoms with Crippen LogP contribution in [0.3, 0.4) is 0 Å². The lowest BCUT2D eigenvalue weighted by molar-refractivity contribution is -0.116. The molecule has 0 unspecified atom stereocenters. The lowest BCUT2D eigenvalue weighted by Gasteiger charge is -2.07. The molecule has 0 saturated heterocycles. The van der Waals surface area contributed by atoms with Crippen molar-refractivity contribution in [2.24, 2.45) is 0 Å². The third kappa shape index (κ3) is 4.42. The van der Waals surface area contributed by atoms with Crippen LogP contribution < -0.4 is 5.32 Å². The Kier molecular flexibility index (Phi) is 5.64. The fourth-order valence-electron chi connectivity index (χ4n) is 1.33. The van der Waals surface area contributed by atoms with Crippen LogP contribution in [0.2, 0.25) is 5.02 Å². The second-order valence-electron chi connectivity index (χ2n) is 3.68. The fourth-order valence-corrected chi connectivity index (χ4v) is 1.68. The number of carbonyl (C=O) groups is 1. The molecule has 4 heteroatoms. The lowest BCUT2D eigenvalue weighted by Crippen LogP contribution is -2.11. The molecule has 1 N–H and O–H groups in total. The van der Waals surface area contributed by atoms with E-state index < -0.39 is 0 Å². The molecular weight excluding hydrogens is 245 g/mol. The van der Waals surface area contributed by atoms with Gasteiger partial charge in [-0.15, -0.1) is 11.6 Å². The maximum absolute atomic E-state index is 11.5. The van der Waals surface area contributed by atoms with E-state index in [1.54, 1.807) is 6.07 Å². The van der Waals surface area contributed by atoms with E-state index in [1.165, 1.54) is 0 Å². The van der Waals surface area contributed by atoms with Crippen molar-refractivity contribution in [1.82, 2.24) is 0 Å². The number of hydrogen-bond acceptors (Lipinski definition) is 1. The fraction of sp³-hybridized carbons (Fsp3) is 0.417. The van der Waals surface area contributed by atoms with Crippen LogP contribution in [0, 0.1) is 6.92 Å². The Balaban J connectivity index is 2.52. The summed E-state index contributed by atoms with van der Waals surface area (Å²) in [5.41, 5.74) is 1.75. The first-order valence-electron chi connectivity index (χ1n) is 5.25. The van der Waals surface area contributed by atoms with Gasteiger partial charge in [0.2, 0.25) is 5.91 Å². The topological polar surface area (TPSA) is 29.1 Å². The molecule has 1 amide bonds. The summed E-state index contributed by atoms with van der Waals surface area (Å²) in [7, 11) is 0. The van der Waals surface area contributed by atoms with Crippen LogP contribution in [0.25, 0.3) is 0 Å². The van der Waals surface area contributed by atoms with Crippen LogP contribution in [0.1, 0.15) is 24.8 Å². The van der Waals surface area contributed by atoms with E-state index in [0.29, 0.717) is 23.0 Å². The standard InChI is InChI=1S/C12H15Cl2NO/c1-9-5-6-10(14)11(8-9)15-12(16)4-2-3-7-13/h5-6,8H,2-4,7H2,1H3,(H,15,16). The van der Waals surface area contributed by atoms with Crippen molar-refractivity contribution in [3.8, 4) is 0 Å². The molecule has 1 aromatic rings. The van der Waals surface area contributed by atoms with Gasteiger partial charge in [0, 0.05) is 12.3 Å². The summed E-state index contributed by atoms with van der Waals surface area (Å²) >= 11 is 11.5. The van der Waals surface area contributed by atoms with Crippen molar-refractivity contribution in [2.45, 2.75) is 26.2 Å². The molecule has 0 fully saturated rings. The van der Waals surface area contributed by atoms with Gasteiger partial charge in [-0.1, -0.05) is 17.7 Å². The highest BCUT2D eigenvalue weighted by Crippen LogP contribution is 2.22. The van der Waals surface area contributed by atoms with Crippen LogP contribution in [0.5, 0.6) is 0 Å². The molecule has 2 nitrogen and oxygen atoms in total. The first kappa shape index (κ1) is 13.3. The number of unbranched alkanes of at least 4 members (excludes halogenated alkanes) is 1. The summed E-state index contributed by atoms with van der Waals surface area (Å²) in [4.78, 5) is 11.5. The number of amides is 1. The highest BCUT2D eigenvalue weighted by atomic mass is 35.5. The number of aryl methyl sites for hydroxylation is 1. The van der Waals surface area contributed by atoms with Gasteiger partial charge in [-0.25, -0.2) is 0 Å². The lowest BCUT2D eigenvalue weighted by atomic mass is 10.2. The summed E-state index contributed by atoms with van der Waals surface area (Å²) < 4.78 is 0. The first-order chi connectivity index (χ1) is 7.63. The van der Waals surface area contributed by atoms with Crippen LogP contribution in [-0.4, -0.2) is 11.8 Å². The second-order valence-corrected chi connectivity index (χ2v) is 4.46. The first-order valence-corrected chi connectivity index (χ1v) is 6.16. The van der Waals surface area contributed by atoms with Crippen molar-refractivity contribution in [1.29, 1.82) is 0 Å². The number of halogens is 2. The van der Waals surface area contributed by atoms with E-state index in [2.05, 4.69) is 5.32 Å². The maximum atomic E-state index is 11.5. The molecule has 0 aliphatic rings. The van der Waals surface area contributed by atoms with E-state index >= 15 is 0 Å². The highest BCUT2D eigenvalue weighted by Gasteiger charge is 2.05. The van der Waals surface area contributed by atoms with Crippen molar-refractivity contribution < 1.29 is 4.79 Å². The van der Waals surface area contributed by atoms with Gasteiger partial charge in [0.15, 0.2) is 0 Å². The Morgan fingerprint density at radius 1 is 1.38 bits per heavy atom. The molecule has 0 saturated carbocycles. The van der Waals surface area contributed by atoms with Gasteiger partial charge in [0.05, 0.1) is 10.7 Å². The molecule has 0 bridgehead atoms. The quantitative estimate of drug-likeness (QED) is 0.629. The monoisotopic (exact) mass is 259 g/mol. The maximum Gasteiger partial charge on any atom is 0.224 e. The van der Waals surface area contributed by atoms with Crippen LogP contribution in [0.4, 0.5) is 5.69 Å². The van der Waals surface area contributed by atoms with Crippen molar-refractivity contribution in [2.75, 3.05) is 11.2 Å². The van der Waals surface area contributed by atoms with E-state index in [-0.39, 0.29) is 5.91 Å². The Bertz CT molecular complexity index is 366. The predicted molar refractivity (Wildman–Crippen MR) is 69.4 cm³/mol. The summed E-state index contributed by atoms with van der Waals surface area (Å²) in [5, 5.41) is 3.36. The van der Waals surface area contributed by atoms with Gasteiger partial charge in [-0.3, -0.25) is 4.79 Å². The zero-order chi connectivity index (χ0) is 12.0. The number of rotatable bonds is 5. The normalized spacial score (nSPS) is 10.2. The number of nitrogens with one attached hydrogen (secondary N) is 1. The zero-order valence-corrected chi connectivity index (χ0v) is 10.7. The third-order valence-corrected chi connectivity index (χ3v) is 2.78. The Hall–Kier alpha value is -0.730. The Morgan fingerprint density at radius 3 is 2.81 bits per heavy atom. The van der Waals surface area contributed by atoms with Gasteiger partial charge in [0.1, 0.15) is 0 Å². The van der Waals surface area contributed by atoms with Crippen molar-refractivity contribution in [3.05, 3.63) is 28.8 Å². The predicted octanol–water partition coefficient (Wildman–Crippen LogP) is 4.00. The summed E-state index contributed by atoms with van der Waals surface area (Å²) in [5.74, 6) is 0.580. The molecular formula is C12H15Cl2NO. The number of anilines is 1.